The highest BCUT2D eigenvalue weighted by Gasteiger charge is 2.11. The summed E-state index contributed by atoms with van der Waals surface area (Å²) in [5.41, 5.74) is 0.795. The van der Waals surface area contributed by atoms with Crippen LogP contribution in [0.4, 0.5) is 4.39 Å². The topological polar surface area (TPSA) is 26.3 Å². The van der Waals surface area contributed by atoms with Gasteiger partial charge in [-0.05, 0) is 56.8 Å². The maximum absolute atomic E-state index is 13.1. The summed E-state index contributed by atoms with van der Waals surface area (Å²) in [6.45, 7) is 0. The average molecular weight is 420 g/mol. The maximum atomic E-state index is 13.1. The van der Waals surface area contributed by atoms with Gasteiger partial charge in [0.2, 0.25) is 0 Å². The molecular weight excluding hydrogens is 413 g/mol. The van der Waals surface area contributed by atoms with Crippen molar-refractivity contribution < 1.29 is 13.9 Å². The van der Waals surface area contributed by atoms with Crippen LogP contribution >= 0.6 is 45.2 Å². The van der Waals surface area contributed by atoms with Crippen molar-refractivity contribution in [3.8, 4) is 0 Å². The van der Waals surface area contributed by atoms with Crippen molar-refractivity contribution >= 4 is 51.2 Å². The monoisotopic (exact) mass is 420 g/mol. The maximum Gasteiger partial charge on any atom is 0.310 e. The van der Waals surface area contributed by atoms with Gasteiger partial charge < -0.3 is 4.74 Å². The molecule has 0 spiro atoms. The van der Waals surface area contributed by atoms with Gasteiger partial charge in [0.05, 0.1) is 17.1 Å². The van der Waals surface area contributed by atoms with E-state index < -0.39 is 0 Å². The van der Waals surface area contributed by atoms with Gasteiger partial charge in [-0.3, -0.25) is 4.79 Å². The van der Waals surface area contributed by atoms with Gasteiger partial charge in [0.25, 0.3) is 0 Å². The number of carbonyl (C=O) groups is 1. The second-order valence-corrected chi connectivity index (χ2v) is 4.74. The van der Waals surface area contributed by atoms with Crippen LogP contribution in [0.15, 0.2) is 12.1 Å². The van der Waals surface area contributed by atoms with Gasteiger partial charge in [0.1, 0.15) is 5.82 Å². The predicted molar refractivity (Wildman–Crippen MR) is 67.6 cm³/mol. The van der Waals surface area contributed by atoms with E-state index >= 15 is 0 Å². The van der Waals surface area contributed by atoms with E-state index in [9.17, 15) is 9.18 Å². The first-order chi connectivity index (χ1) is 6.56. The van der Waals surface area contributed by atoms with Crippen molar-refractivity contribution in [2.75, 3.05) is 7.11 Å². The van der Waals surface area contributed by atoms with Gasteiger partial charge >= 0.3 is 5.97 Å². The van der Waals surface area contributed by atoms with E-state index in [0.29, 0.717) is 3.57 Å². The summed E-state index contributed by atoms with van der Waals surface area (Å²) < 4.78 is 18.9. The minimum Gasteiger partial charge on any atom is -0.469 e. The molecular formula is C9H7FI2O2. The van der Waals surface area contributed by atoms with Crippen LogP contribution in [0.5, 0.6) is 0 Å². The molecule has 1 rings (SSSR count). The molecule has 0 aliphatic heterocycles. The normalized spacial score (nSPS) is 10.0. The molecule has 0 heterocycles. The van der Waals surface area contributed by atoms with Crippen LogP contribution in [0.2, 0.25) is 0 Å². The molecule has 76 valence electrons. The SMILES string of the molecule is COC(=O)Cc1ccc(F)c(I)c1I. The standard InChI is InChI=1S/C9H7FI2O2/c1-14-7(13)4-5-2-3-6(10)9(12)8(5)11/h2-3H,4H2,1H3. The van der Waals surface area contributed by atoms with Crippen molar-refractivity contribution in [2.45, 2.75) is 6.42 Å². The highest BCUT2D eigenvalue weighted by molar-refractivity contribution is 14.1. The summed E-state index contributed by atoms with van der Waals surface area (Å²) >= 11 is 3.94. The minimum absolute atomic E-state index is 0.186. The Morgan fingerprint density at radius 3 is 2.64 bits per heavy atom. The molecule has 1 aromatic carbocycles. The molecule has 0 fully saturated rings. The van der Waals surface area contributed by atoms with E-state index in [2.05, 4.69) is 4.74 Å². The van der Waals surface area contributed by atoms with Gasteiger partial charge in [0.15, 0.2) is 0 Å². The van der Waals surface area contributed by atoms with Crippen molar-refractivity contribution in [1.29, 1.82) is 0 Å². The molecule has 0 N–H and O–H groups in total. The number of methoxy groups -OCH3 is 1. The van der Waals surface area contributed by atoms with E-state index in [4.69, 9.17) is 0 Å². The van der Waals surface area contributed by atoms with Gasteiger partial charge in [-0.25, -0.2) is 4.39 Å². The number of benzene rings is 1. The van der Waals surface area contributed by atoms with Crippen LogP contribution in [-0.4, -0.2) is 13.1 Å². The van der Waals surface area contributed by atoms with Crippen molar-refractivity contribution in [2.24, 2.45) is 0 Å². The quantitative estimate of drug-likeness (QED) is 0.418. The number of rotatable bonds is 2. The molecule has 5 heteroatoms. The van der Waals surface area contributed by atoms with E-state index in [1.165, 1.54) is 13.2 Å². The molecule has 0 aliphatic carbocycles. The molecule has 14 heavy (non-hydrogen) atoms. The van der Waals surface area contributed by atoms with E-state index in [-0.39, 0.29) is 18.2 Å². The Kier molecular flexibility index (Phi) is 4.55. The number of carbonyl (C=O) groups excluding carboxylic acids is 1. The highest BCUT2D eigenvalue weighted by atomic mass is 127. The van der Waals surface area contributed by atoms with E-state index in [0.717, 1.165) is 9.13 Å². The van der Waals surface area contributed by atoms with Crippen molar-refractivity contribution in [1.82, 2.24) is 0 Å². The number of ether oxygens (including phenoxy) is 1. The first-order valence-corrected chi connectivity index (χ1v) is 5.91. The zero-order valence-electron chi connectivity index (χ0n) is 7.31. The van der Waals surface area contributed by atoms with Gasteiger partial charge in [-0.2, -0.15) is 0 Å². The second-order valence-electron chi connectivity index (χ2n) is 2.59. The molecule has 0 amide bonds. The lowest BCUT2D eigenvalue weighted by atomic mass is 10.1. The molecule has 1 aromatic rings. The lowest BCUT2D eigenvalue weighted by Crippen LogP contribution is -2.07. The Morgan fingerprint density at radius 1 is 1.43 bits per heavy atom. The van der Waals surface area contributed by atoms with Crippen LogP contribution in [-0.2, 0) is 16.0 Å². The summed E-state index contributed by atoms with van der Waals surface area (Å²) in [6, 6.07) is 2.97. The Bertz CT molecular complexity index is 366. The van der Waals surface area contributed by atoms with E-state index in [1.54, 1.807) is 6.07 Å². The molecule has 0 saturated carbocycles. The molecule has 0 aliphatic rings. The van der Waals surface area contributed by atoms with Gasteiger partial charge in [-0.15, -0.1) is 0 Å². The number of hydrogen-bond donors (Lipinski definition) is 0. The third-order valence-electron chi connectivity index (χ3n) is 1.68. The average Bonchev–Trinajstić information content (AvgIpc) is 2.19. The Hall–Kier alpha value is 0.0800. The number of hydrogen-bond acceptors (Lipinski definition) is 2. The largest absolute Gasteiger partial charge is 0.469 e. The summed E-state index contributed by atoms with van der Waals surface area (Å²) in [5, 5.41) is 0. The van der Waals surface area contributed by atoms with Crippen molar-refractivity contribution in [3.63, 3.8) is 0 Å². The van der Waals surface area contributed by atoms with Crippen LogP contribution in [0, 0.1) is 13.0 Å². The predicted octanol–water partition coefficient (Wildman–Crippen LogP) is 2.75. The summed E-state index contributed by atoms with van der Waals surface area (Å²) in [4.78, 5) is 11.0. The first kappa shape index (κ1) is 12.2. The van der Waals surface area contributed by atoms with Gasteiger partial charge in [-0.1, -0.05) is 6.07 Å². The number of esters is 1. The van der Waals surface area contributed by atoms with Gasteiger partial charge in [0, 0.05) is 3.57 Å². The lowest BCUT2D eigenvalue weighted by molar-refractivity contribution is -0.139. The molecule has 0 atom stereocenters. The second kappa shape index (κ2) is 5.24. The third-order valence-corrected chi connectivity index (χ3v) is 5.00. The summed E-state index contributed by atoms with van der Waals surface area (Å²) in [7, 11) is 1.34. The highest BCUT2D eigenvalue weighted by Crippen LogP contribution is 2.22. The Labute approximate surface area is 108 Å². The van der Waals surface area contributed by atoms with Crippen LogP contribution in [0.3, 0.4) is 0 Å². The van der Waals surface area contributed by atoms with E-state index in [1.807, 2.05) is 45.2 Å². The molecule has 0 unspecified atom stereocenters. The fourth-order valence-corrected chi connectivity index (χ4v) is 2.08. The fourth-order valence-electron chi connectivity index (χ4n) is 0.930. The Balaban J connectivity index is 3.00. The Morgan fingerprint density at radius 2 is 2.07 bits per heavy atom. The molecule has 2 nitrogen and oxygen atoms in total. The van der Waals surface area contributed by atoms with Crippen molar-refractivity contribution in [3.05, 3.63) is 30.7 Å². The summed E-state index contributed by atoms with van der Waals surface area (Å²) in [5.74, 6) is -0.575. The first-order valence-electron chi connectivity index (χ1n) is 3.75. The molecule has 0 saturated heterocycles. The smallest absolute Gasteiger partial charge is 0.310 e. The van der Waals surface area contributed by atoms with Crippen LogP contribution < -0.4 is 0 Å². The summed E-state index contributed by atoms with van der Waals surface area (Å²) in [6.07, 6.45) is 0.186. The minimum atomic E-state index is -0.315. The molecule has 0 radical (unpaired) electrons. The lowest BCUT2D eigenvalue weighted by Gasteiger charge is -2.05. The zero-order chi connectivity index (χ0) is 10.7. The zero-order valence-corrected chi connectivity index (χ0v) is 11.6. The van der Waals surface area contributed by atoms with Crippen LogP contribution in [0.25, 0.3) is 0 Å². The number of halogens is 3. The fraction of sp³-hybridized carbons (Fsp3) is 0.222. The molecule has 0 aromatic heterocycles. The molecule has 0 bridgehead atoms. The van der Waals surface area contributed by atoms with Crippen LogP contribution in [0.1, 0.15) is 5.56 Å². The third kappa shape index (κ3) is 2.78.